The first-order valence-corrected chi connectivity index (χ1v) is 6.12. The van der Waals surface area contributed by atoms with Crippen LogP contribution in [-0.4, -0.2) is 6.61 Å². The second-order valence-electron chi connectivity index (χ2n) is 4.21. The molecule has 0 aliphatic heterocycles. The molecule has 0 fully saturated rings. The average Bonchev–Trinajstić information content (AvgIpc) is 2.83. The summed E-state index contributed by atoms with van der Waals surface area (Å²) in [5.41, 5.74) is 1.11. The van der Waals surface area contributed by atoms with Gasteiger partial charge in [0.2, 0.25) is 0 Å². The lowest BCUT2D eigenvalue weighted by Gasteiger charge is -2.06. The van der Waals surface area contributed by atoms with Gasteiger partial charge in [-0.3, -0.25) is 0 Å². The maximum atomic E-state index is 8.47. The predicted molar refractivity (Wildman–Crippen MR) is 71.5 cm³/mol. The lowest BCUT2D eigenvalue weighted by Crippen LogP contribution is -2.12. The van der Waals surface area contributed by atoms with Crippen molar-refractivity contribution < 1.29 is 9.15 Å². The molecule has 2 rings (SSSR count). The van der Waals surface area contributed by atoms with E-state index in [0.717, 1.165) is 29.4 Å². The molecule has 98 valence electrons. The summed E-state index contributed by atoms with van der Waals surface area (Å²) in [5.74, 6) is 2.56. The Bertz CT molecular complexity index is 570. The molecule has 1 heterocycles. The summed E-state index contributed by atoms with van der Waals surface area (Å²) in [4.78, 5) is 0. The van der Waals surface area contributed by atoms with Crippen molar-refractivity contribution in [3.8, 4) is 11.8 Å². The third kappa shape index (κ3) is 4.16. The zero-order valence-electron chi connectivity index (χ0n) is 10.8. The molecule has 0 aliphatic carbocycles. The van der Waals surface area contributed by atoms with E-state index < -0.39 is 0 Å². The first-order chi connectivity index (χ1) is 9.28. The molecule has 1 N–H and O–H groups in total. The van der Waals surface area contributed by atoms with Crippen molar-refractivity contribution in [2.75, 3.05) is 6.61 Å². The van der Waals surface area contributed by atoms with Gasteiger partial charge in [0.1, 0.15) is 23.3 Å². The number of rotatable bonds is 6. The van der Waals surface area contributed by atoms with E-state index in [9.17, 15) is 0 Å². The zero-order chi connectivity index (χ0) is 13.5. The van der Waals surface area contributed by atoms with Gasteiger partial charge < -0.3 is 14.5 Å². The molecule has 2 aromatic rings. The monoisotopic (exact) mass is 256 g/mol. The van der Waals surface area contributed by atoms with E-state index in [-0.39, 0.29) is 6.61 Å². The molecular weight excluding hydrogens is 240 g/mol. The first kappa shape index (κ1) is 13.2. The van der Waals surface area contributed by atoms with Crippen LogP contribution in [0.25, 0.3) is 0 Å². The van der Waals surface area contributed by atoms with Crippen molar-refractivity contribution in [1.29, 1.82) is 5.26 Å². The molecule has 0 atom stereocenters. The third-order valence-corrected chi connectivity index (χ3v) is 2.63. The minimum atomic E-state index is 0.0720. The largest absolute Gasteiger partial charge is 0.479 e. The lowest BCUT2D eigenvalue weighted by molar-refractivity contribution is 0.367. The second-order valence-corrected chi connectivity index (χ2v) is 4.21. The minimum absolute atomic E-state index is 0.0720. The molecule has 0 unspecified atom stereocenters. The number of hydrogen-bond acceptors (Lipinski definition) is 4. The Morgan fingerprint density at radius 2 is 2.16 bits per heavy atom. The summed E-state index contributed by atoms with van der Waals surface area (Å²) in [6.07, 6.45) is 0. The normalized spacial score (nSPS) is 10.1. The molecule has 0 saturated carbocycles. The van der Waals surface area contributed by atoms with Crippen LogP contribution in [0.1, 0.15) is 17.1 Å². The third-order valence-electron chi connectivity index (χ3n) is 2.63. The van der Waals surface area contributed by atoms with Crippen LogP contribution in [0.2, 0.25) is 0 Å². The van der Waals surface area contributed by atoms with E-state index in [1.165, 1.54) is 0 Å². The summed E-state index contributed by atoms with van der Waals surface area (Å²) in [5, 5.41) is 11.8. The highest BCUT2D eigenvalue weighted by Gasteiger charge is 2.00. The van der Waals surface area contributed by atoms with Crippen molar-refractivity contribution in [2.45, 2.75) is 20.0 Å². The van der Waals surface area contributed by atoms with Crippen LogP contribution < -0.4 is 10.1 Å². The summed E-state index contributed by atoms with van der Waals surface area (Å²) < 4.78 is 10.7. The number of hydrogen-bond donors (Lipinski definition) is 1. The predicted octanol–water partition coefficient (Wildman–Crippen LogP) is 2.78. The van der Waals surface area contributed by atoms with Gasteiger partial charge in [0, 0.05) is 6.54 Å². The lowest BCUT2D eigenvalue weighted by atomic mass is 10.2. The van der Waals surface area contributed by atoms with Gasteiger partial charge in [0.25, 0.3) is 0 Å². The minimum Gasteiger partial charge on any atom is -0.479 e. The number of aryl methyl sites for hydroxylation is 1. The van der Waals surface area contributed by atoms with Gasteiger partial charge in [-0.15, -0.1) is 0 Å². The van der Waals surface area contributed by atoms with E-state index >= 15 is 0 Å². The number of nitrogens with one attached hydrogen (secondary N) is 1. The number of ether oxygens (including phenoxy) is 1. The maximum absolute atomic E-state index is 8.47. The Morgan fingerprint density at radius 1 is 1.26 bits per heavy atom. The first-order valence-electron chi connectivity index (χ1n) is 6.12. The van der Waals surface area contributed by atoms with Gasteiger partial charge in [-0.05, 0) is 36.8 Å². The molecule has 4 nitrogen and oxygen atoms in total. The summed E-state index contributed by atoms with van der Waals surface area (Å²) in [7, 11) is 0. The molecule has 0 saturated heterocycles. The van der Waals surface area contributed by atoms with Crippen molar-refractivity contribution >= 4 is 0 Å². The smallest absolute Gasteiger partial charge is 0.174 e. The van der Waals surface area contributed by atoms with Crippen LogP contribution in [0, 0.1) is 18.3 Å². The van der Waals surface area contributed by atoms with Crippen LogP contribution in [0.4, 0.5) is 0 Å². The van der Waals surface area contributed by atoms with Gasteiger partial charge in [-0.25, -0.2) is 0 Å². The maximum Gasteiger partial charge on any atom is 0.174 e. The second kappa shape index (κ2) is 6.62. The highest BCUT2D eigenvalue weighted by Crippen LogP contribution is 2.13. The summed E-state index contributed by atoms with van der Waals surface area (Å²) in [6, 6.07) is 13.6. The topological polar surface area (TPSA) is 58.2 Å². The SMILES string of the molecule is Cc1ccc(CNCc2cccc(OCC#N)c2)o1. The van der Waals surface area contributed by atoms with E-state index in [2.05, 4.69) is 5.32 Å². The van der Waals surface area contributed by atoms with Gasteiger partial charge in [-0.1, -0.05) is 12.1 Å². The Hall–Kier alpha value is -2.25. The fraction of sp³-hybridized carbons (Fsp3) is 0.267. The van der Waals surface area contributed by atoms with Gasteiger partial charge in [-0.2, -0.15) is 5.26 Å². The quantitative estimate of drug-likeness (QED) is 0.863. The highest BCUT2D eigenvalue weighted by molar-refractivity contribution is 5.28. The number of benzene rings is 1. The summed E-state index contributed by atoms with van der Waals surface area (Å²) >= 11 is 0. The highest BCUT2D eigenvalue weighted by atomic mass is 16.5. The molecular formula is C15H16N2O2. The van der Waals surface area contributed by atoms with Gasteiger partial charge in [0.05, 0.1) is 6.54 Å². The molecule has 0 amide bonds. The van der Waals surface area contributed by atoms with E-state index in [1.54, 1.807) is 0 Å². The number of nitriles is 1. The van der Waals surface area contributed by atoms with Gasteiger partial charge >= 0.3 is 0 Å². The van der Waals surface area contributed by atoms with Crippen LogP contribution in [-0.2, 0) is 13.1 Å². The molecule has 0 aliphatic rings. The Balaban J connectivity index is 1.84. The van der Waals surface area contributed by atoms with E-state index in [0.29, 0.717) is 6.54 Å². The van der Waals surface area contributed by atoms with Crippen molar-refractivity contribution in [1.82, 2.24) is 5.32 Å². The van der Waals surface area contributed by atoms with Crippen molar-refractivity contribution in [2.24, 2.45) is 0 Å². The van der Waals surface area contributed by atoms with Crippen LogP contribution in [0.15, 0.2) is 40.8 Å². The fourth-order valence-electron chi connectivity index (χ4n) is 1.77. The molecule has 0 radical (unpaired) electrons. The fourth-order valence-corrected chi connectivity index (χ4v) is 1.77. The summed E-state index contributed by atoms with van der Waals surface area (Å²) in [6.45, 7) is 3.42. The van der Waals surface area contributed by atoms with Crippen molar-refractivity contribution in [3.05, 3.63) is 53.5 Å². The van der Waals surface area contributed by atoms with E-state index in [4.69, 9.17) is 14.4 Å². The van der Waals surface area contributed by atoms with Crippen LogP contribution >= 0.6 is 0 Å². The van der Waals surface area contributed by atoms with E-state index in [1.807, 2.05) is 49.4 Å². The molecule has 0 spiro atoms. The molecule has 0 bridgehead atoms. The molecule has 1 aromatic heterocycles. The molecule has 19 heavy (non-hydrogen) atoms. The van der Waals surface area contributed by atoms with Gasteiger partial charge in [0.15, 0.2) is 6.61 Å². The Kier molecular flexibility index (Phi) is 4.60. The Labute approximate surface area is 112 Å². The molecule has 1 aromatic carbocycles. The van der Waals surface area contributed by atoms with Crippen molar-refractivity contribution in [3.63, 3.8) is 0 Å². The average molecular weight is 256 g/mol. The number of nitrogens with zero attached hydrogens (tertiary/aromatic N) is 1. The standard InChI is InChI=1S/C15H16N2O2/c1-12-5-6-15(19-12)11-17-10-13-3-2-4-14(9-13)18-8-7-16/h2-6,9,17H,8,10-11H2,1H3. The zero-order valence-corrected chi connectivity index (χ0v) is 10.8. The molecule has 4 heteroatoms. The van der Waals surface area contributed by atoms with Crippen LogP contribution in [0.3, 0.4) is 0 Å². The Morgan fingerprint density at radius 3 is 2.89 bits per heavy atom. The van der Waals surface area contributed by atoms with Crippen LogP contribution in [0.5, 0.6) is 5.75 Å². The number of furan rings is 1.